The molecular formula is C21H24N4O. The van der Waals surface area contributed by atoms with Crippen LogP contribution < -0.4 is 10.2 Å². The maximum Gasteiger partial charge on any atom is 0.225 e. The van der Waals surface area contributed by atoms with Crippen molar-refractivity contribution in [3.63, 3.8) is 0 Å². The van der Waals surface area contributed by atoms with Gasteiger partial charge in [-0.2, -0.15) is 4.98 Å². The number of hydrogen-bond acceptors (Lipinski definition) is 5. The van der Waals surface area contributed by atoms with Crippen molar-refractivity contribution in [3.05, 3.63) is 60.6 Å². The smallest absolute Gasteiger partial charge is 0.225 e. The number of benzene rings is 1. The molecule has 2 aromatic heterocycles. The average molecular weight is 348 g/mol. The molecular weight excluding hydrogens is 324 g/mol. The van der Waals surface area contributed by atoms with Crippen LogP contribution in [0.15, 0.2) is 59.2 Å². The van der Waals surface area contributed by atoms with Crippen LogP contribution in [0.3, 0.4) is 0 Å². The topological polar surface area (TPSA) is 54.2 Å². The number of nitrogens with one attached hydrogen (secondary N) is 1. The van der Waals surface area contributed by atoms with Gasteiger partial charge in [-0.3, -0.25) is 0 Å². The highest BCUT2D eigenvalue weighted by Gasteiger charge is 2.15. The molecule has 1 fully saturated rings. The van der Waals surface area contributed by atoms with Crippen molar-refractivity contribution in [2.75, 3.05) is 23.3 Å². The summed E-state index contributed by atoms with van der Waals surface area (Å²) in [7, 11) is 0. The Balaban J connectivity index is 1.64. The van der Waals surface area contributed by atoms with E-state index in [1.807, 2.05) is 30.3 Å². The molecule has 0 unspecified atom stereocenters. The summed E-state index contributed by atoms with van der Waals surface area (Å²) in [5.41, 5.74) is 2.05. The molecule has 0 aliphatic carbocycles. The Morgan fingerprint density at radius 2 is 1.73 bits per heavy atom. The van der Waals surface area contributed by atoms with Gasteiger partial charge in [0.05, 0.1) is 18.5 Å². The summed E-state index contributed by atoms with van der Waals surface area (Å²) < 4.78 is 5.40. The fourth-order valence-electron chi connectivity index (χ4n) is 3.31. The number of hydrogen-bond donors (Lipinski definition) is 1. The van der Waals surface area contributed by atoms with Crippen LogP contribution in [0.25, 0.3) is 11.3 Å². The molecule has 3 aromatic rings. The average Bonchev–Trinajstić information content (AvgIpc) is 3.07. The Hall–Kier alpha value is -2.82. The Labute approximate surface area is 154 Å². The highest BCUT2D eigenvalue weighted by molar-refractivity contribution is 5.64. The molecule has 0 radical (unpaired) electrons. The molecule has 26 heavy (non-hydrogen) atoms. The number of furan rings is 1. The van der Waals surface area contributed by atoms with Crippen LogP contribution in [0.2, 0.25) is 0 Å². The van der Waals surface area contributed by atoms with E-state index in [9.17, 15) is 0 Å². The molecule has 0 atom stereocenters. The van der Waals surface area contributed by atoms with E-state index in [4.69, 9.17) is 14.4 Å². The molecule has 134 valence electrons. The lowest BCUT2D eigenvalue weighted by atomic mass is 10.1. The Kier molecular flexibility index (Phi) is 5.14. The molecule has 4 rings (SSSR count). The van der Waals surface area contributed by atoms with Crippen LogP contribution >= 0.6 is 0 Å². The summed E-state index contributed by atoms with van der Waals surface area (Å²) in [6.45, 7) is 2.69. The third-order valence-electron chi connectivity index (χ3n) is 4.71. The van der Waals surface area contributed by atoms with Gasteiger partial charge in [-0.1, -0.05) is 43.2 Å². The van der Waals surface area contributed by atoms with Gasteiger partial charge in [0, 0.05) is 24.7 Å². The molecule has 0 saturated carbocycles. The first-order valence-corrected chi connectivity index (χ1v) is 9.34. The zero-order valence-electron chi connectivity index (χ0n) is 14.9. The lowest BCUT2D eigenvalue weighted by molar-refractivity contribution is 0.517. The summed E-state index contributed by atoms with van der Waals surface area (Å²) in [5, 5.41) is 3.31. The van der Waals surface area contributed by atoms with Crippen molar-refractivity contribution in [1.29, 1.82) is 0 Å². The molecule has 0 amide bonds. The van der Waals surface area contributed by atoms with Crippen molar-refractivity contribution in [3.8, 4) is 11.3 Å². The molecule has 3 heterocycles. The lowest BCUT2D eigenvalue weighted by Gasteiger charge is -2.22. The van der Waals surface area contributed by atoms with E-state index < -0.39 is 0 Å². The van der Waals surface area contributed by atoms with Crippen LogP contribution in [0.4, 0.5) is 11.8 Å². The minimum Gasteiger partial charge on any atom is -0.467 e. The Morgan fingerprint density at radius 3 is 2.46 bits per heavy atom. The molecule has 0 spiro atoms. The second-order valence-corrected chi connectivity index (χ2v) is 6.64. The fraction of sp³-hybridized carbons (Fsp3) is 0.333. The standard InChI is InChI=1S/C21H24N4O/c1-2-7-13-25(12-6-1)20-15-19(17-9-4-3-5-10-17)23-21(24-20)22-16-18-11-8-14-26-18/h3-5,8-11,14-15H,1-2,6-7,12-13,16H2,(H,22,23,24). The number of rotatable bonds is 5. The zero-order valence-corrected chi connectivity index (χ0v) is 14.9. The second kappa shape index (κ2) is 8.04. The molecule has 1 N–H and O–H groups in total. The first-order valence-electron chi connectivity index (χ1n) is 9.34. The number of nitrogens with zero attached hydrogens (tertiary/aromatic N) is 3. The van der Waals surface area contributed by atoms with E-state index in [1.165, 1.54) is 25.7 Å². The van der Waals surface area contributed by atoms with Gasteiger partial charge in [0.2, 0.25) is 5.95 Å². The van der Waals surface area contributed by atoms with E-state index in [0.29, 0.717) is 12.5 Å². The first-order chi connectivity index (χ1) is 12.9. The maximum atomic E-state index is 5.40. The van der Waals surface area contributed by atoms with E-state index in [-0.39, 0.29) is 0 Å². The highest BCUT2D eigenvalue weighted by atomic mass is 16.3. The molecule has 1 aromatic carbocycles. The highest BCUT2D eigenvalue weighted by Crippen LogP contribution is 2.25. The third kappa shape index (κ3) is 4.04. The zero-order chi connectivity index (χ0) is 17.6. The summed E-state index contributed by atoms with van der Waals surface area (Å²) in [6, 6.07) is 16.2. The first kappa shape index (κ1) is 16.6. The number of aromatic nitrogens is 2. The van der Waals surface area contributed by atoms with Crippen molar-refractivity contribution < 1.29 is 4.42 Å². The van der Waals surface area contributed by atoms with Crippen LogP contribution in [0.1, 0.15) is 31.4 Å². The molecule has 1 aliphatic heterocycles. The van der Waals surface area contributed by atoms with Crippen LogP contribution in [0, 0.1) is 0 Å². The normalized spacial score (nSPS) is 14.8. The Bertz CT molecular complexity index is 809. The van der Waals surface area contributed by atoms with Crippen LogP contribution in [-0.4, -0.2) is 23.1 Å². The summed E-state index contributed by atoms with van der Waals surface area (Å²) in [4.78, 5) is 11.9. The van der Waals surface area contributed by atoms with Crippen molar-refractivity contribution in [1.82, 2.24) is 9.97 Å². The van der Waals surface area contributed by atoms with Gasteiger partial charge in [0.1, 0.15) is 11.6 Å². The van der Waals surface area contributed by atoms with E-state index in [2.05, 4.69) is 28.4 Å². The minimum absolute atomic E-state index is 0.574. The molecule has 1 saturated heterocycles. The summed E-state index contributed by atoms with van der Waals surface area (Å²) >= 11 is 0. The van der Waals surface area contributed by atoms with Gasteiger partial charge in [-0.25, -0.2) is 4.98 Å². The van der Waals surface area contributed by atoms with Crippen LogP contribution in [-0.2, 0) is 6.54 Å². The summed E-state index contributed by atoms with van der Waals surface area (Å²) in [5.74, 6) is 2.51. The Morgan fingerprint density at radius 1 is 0.923 bits per heavy atom. The van der Waals surface area contributed by atoms with Gasteiger partial charge in [-0.15, -0.1) is 0 Å². The molecule has 5 nitrogen and oxygen atoms in total. The molecule has 5 heteroatoms. The monoisotopic (exact) mass is 348 g/mol. The quantitative estimate of drug-likeness (QED) is 0.722. The maximum absolute atomic E-state index is 5.40. The molecule has 0 bridgehead atoms. The van der Waals surface area contributed by atoms with Gasteiger partial charge in [0.25, 0.3) is 0 Å². The van der Waals surface area contributed by atoms with E-state index in [0.717, 1.165) is 35.9 Å². The van der Waals surface area contributed by atoms with Crippen LogP contribution in [0.5, 0.6) is 0 Å². The largest absolute Gasteiger partial charge is 0.467 e. The minimum atomic E-state index is 0.574. The van der Waals surface area contributed by atoms with Crippen molar-refractivity contribution >= 4 is 11.8 Å². The van der Waals surface area contributed by atoms with Crippen molar-refractivity contribution in [2.45, 2.75) is 32.2 Å². The van der Waals surface area contributed by atoms with Gasteiger partial charge in [0.15, 0.2) is 0 Å². The van der Waals surface area contributed by atoms with Gasteiger partial charge < -0.3 is 14.6 Å². The van der Waals surface area contributed by atoms with Crippen molar-refractivity contribution in [2.24, 2.45) is 0 Å². The van der Waals surface area contributed by atoms with Gasteiger partial charge in [-0.05, 0) is 25.0 Å². The predicted octanol–water partition coefficient (Wildman–Crippen LogP) is 4.73. The molecule has 1 aliphatic rings. The second-order valence-electron chi connectivity index (χ2n) is 6.64. The predicted molar refractivity (Wildman–Crippen MR) is 104 cm³/mol. The van der Waals surface area contributed by atoms with E-state index >= 15 is 0 Å². The van der Waals surface area contributed by atoms with E-state index in [1.54, 1.807) is 6.26 Å². The van der Waals surface area contributed by atoms with Gasteiger partial charge >= 0.3 is 0 Å². The third-order valence-corrected chi connectivity index (χ3v) is 4.71. The summed E-state index contributed by atoms with van der Waals surface area (Å²) in [6.07, 6.45) is 6.73. The lowest BCUT2D eigenvalue weighted by Crippen LogP contribution is -2.25. The number of anilines is 2. The fourth-order valence-corrected chi connectivity index (χ4v) is 3.31. The SMILES string of the molecule is c1ccc(-c2cc(N3CCCCCC3)nc(NCc3ccco3)n2)cc1.